The smallest absolute Gasteiger partial charge is 0.338 e. The number of esters is 1. The van der Waals surface area contributed by atoms with Crippen LogP contribution in [0.1, 0.15) is 53.4 Å². The number of ether oxygens (including phenoxy) is 1. The van der Waals surface area contributed by atoms with Gasteiger partial charge in [-0.05, 0) is 51.1 Å². The molecule has 0 saturated heterocycles. The minimum atomic E-state index is -0.444. The van der Waals surface area contributed by atoms with Gasteiger partial charge in [-0.3, -0.25) is 9.59 Å². The number of carbonyl (C=O) groups excluding carboxylic acids is 3. The van der Waals surface area contributed by atoms with Crippen molar-refractivity contribution >= 4 is 35.2 Å². The molecular formula is C24H27N5O4S. The Morgan fingerprint density at radius 3 is 2.41 bits per heavy atom. The highest BCUT2D eigenvalue weighted by atomic mass is 32.2. The van der Waals surface area contributed by atoms with E-state index in [4.69, 9.17) is 4.74 Å². The zero-order valence-electron chi connectivity index (χ0n) is 19.4. The van der Waals surface area contributed by atoms with Crippen molar-refractivity contribution in [2.24, 2.45) is 7.05 Å². The van der Waals surface area contributed by atoms with Crippen molar-refractivity contribution in [2.45, 2.75) is 38.1 Å². The number of amides is 2. The maximum atomic E-state index is 12.4. The van der Waals surface area contributed by atoms with Gasteiger partial charge in [0, 0.05) is 18.3 Å². The fourth-order valence-electron chi connectivity index (χ4n) is 3.10. The topological polar surface area (TPSA) is 115 Å². The van der Waals surface area contributed by atoms with Crippen molar-refractivity contribution in [3.8, 4) is 0 Å². The van der Waals surface area contributed by atoms with Crippen LogP contribution in [-0.4, -0.2) is 44.4 Å². The molecule has 0 spiro atoms. The number of carbonyl (C=O) groups is 3. The van der Waals surface area contributed by atoms with Crippen molar-refractivity contribution in [1.82, 2.24) is 20.1 Å². The third-order valence-electron chi connectivity index (χ3n) is 4.70. The molecule has 9 nitrogen and oxygen atoms in total. The van der Waals surface area contributed by atoms with Crippen LogP contribution in [0, 0.1) is 0 Å². The maximum absolute atomic E-state index is 12.4. The van der Waals surface area contributed by atoms with E-state index in [1.165, 1.54) is 11.8 Å². The second-order valence-electron chi connectivity index (χ2n) is 7.83. The van der Waals surface area contributed by atoms with E-state index >= 15 is 0 Å². The van der Waals surface area contributed by atoms with Crippen molar-refractivity contribution < 1.29 is 19.1 Å². The van der Waals surface area contributed by atoms with Gasteiger partial charge in [-0.15, -0.1) is 10.2 Å². The molecule has 2 N–H and O–H groups in total. The number of thioether (sulfide) groups is 1. The number of hydrogen-bond acceptors (Lipinski definition) is 7. The number of nitrogens with one attached hydrogen (secondary N) is 2. The van der Waals surface area contributed by atoms with Gasteiger partial charge in [-0.1, -0.05) is 36.0 Å². The minimum absolute atomic E-state index is 0.0946. The third-order valence-corrected chi connectivity index (χ3v) is 5.72. The number of nitrogens with zero attached hydrogens (tertiary/aromatic N) is 3. The fraction of sp³-hybridized carbons (Fsp3) is 0.292. The molecule has 1 heterocycles. The van der Waals surface area contributed by atoms with Crippen LogP contribution in [0.5, 0.6) is 0 Å². The van der Waals surface area contributed by atoms with E-state index in [1.807, 2.05) is 13.0 Å². The van der Waals surface area contributed by atoms with Gasteiger partial charge in [0.1, 0.15) is 0 Å². The lowest BCUT2D eigenvalue weighted by molar-refractivity contribution is -0.113. The zero-order valence-corrected chi connectivity index (χ0v) is 20.3. The van der Waals surface area contributed by atoms with E-state index in [1.54, 1.807) is 74.0 Å². The lowest BCUT2D eigenvalue weighted by Crippen LogP contribution is -2.28. The molecule has 3 rings (SSSR count). The third kappa shape index (κ3) is 6.67. The second-order valence-corrected chi connectivity index (χ2v) is 8.78. The predicted molar refractivity (Wildman–Crippen MR) is 130 cm³/mol. The van der Waals surface area contributed by atoms with Gasteiger partial charge in [-0.2, -0.15) is 0 Å². The Morgan fingerprint density at radius 1 is 1.00 bits per heavy atom. The summed E-state index contributed by atoms with van der Waals surface area (Å²) in [5.74, 6) is -0.236. The first kappa shape index (κ1) is 25.0. The van der Waals surface area contributed by atoms with Crippen molar-refractivity contribution in [2.75, 3.05) is 11.1 Å². The predicted octanol–water partition coefficient (Wildman–Crippen LogP) is 3.60. The Kier molecular flexibility index (Phi) is 8.42. The Bertz CT molecular complexity index is 1160. The van der Waals surface area contributed by atoms with Crippen molar-refractivity contribution in [1.29, 1.82) is 0 Å². The van der Waals surface area contributed by atoms with Crippen molar-refractivity contribution in [3.05, 3.63) is 71.5 Å². The summed E-state index contributed by atoms with van der Waals surface area (Å²) in [6.45, 7) is 5.37. The standard InChI is InChI=1S/C24H27N5O4S/c1-15(2)33-23(32)18-11-8-12-19(13-18)26-20(30)14-34-24-28-27-21(29(24)4)16(3)25-22(31)17-9-6-5-7-10-17/h5-13,15-16H,14H2,1-4H3,(H,25,31)(H,26,30)/t16-/m0/s1. The molecule has 0 radical (unpaired) electrons. The monoisotopic (exact) mass is 481 g/mol. The second kappa shape index (κ2) is 11.5. The summed E-state index contributed by atoms with van der Waals surface area (Å²) in [6, 6.07) is 15.1. The maximum Gasteiger partial charge on any atom is 0.338 e. The van der Waals surface area contributed by atoms with Crippen LogP contribution in [0.15, 0.2) is 59.8 Å². The SMILES string of the molecule is CC(C)OC(=O)c1cccc(NC(=O)CSc2nnc([C@H](C)NC(=O)c3ccccc3)n2C)c1. The van der Waals surface area contributed by atoms with Gasteiger partial charge in [-0.25, -0.2) is 4.79 Å². The molecule has 2 amide bonds. The largest absolute Gasteiger partial charge is 0.459 e. The van der Waals surface area contributed by atoms with Crippen LogP contribution >= 0.6 is 11.8 Å². The molecule has 1 aromatic heterocycles. The molecule has 0 fully saturated rings. The average molecular weight is 482 g/mol. The van der Waals surface area contributed by atoms with Gasteiger partial charge < -0.3 is 19.9 Å². The van der Waals surface area contributed by atoms with Crippen molar-refractivity contribution in [3.63, 3.8) is 0 Å². The van der Waals surface area contributed by atoms with Gasteiger partial charge in [0.25, 0.3) is 5.91 Å². The van der Waals surface area contributed by atoms with E-state index in [9.17, 15) is 14.4 Å². The van der Waals surface area contributed by atoms with Crippen LogP contribution < -0.4 is 10.6 Å². The molecule has 0 bridgehead atoms. The first-order valence-electron chi connectivity index (χ1n) is 10.7. The molecule has 0 saturated carbocycles. The highest BCUT2D eigenvalue weighted by Crippen LogP contribution is 2.20. The number of anilines is 1. The van der Waals surface area contributed by atoms with Crippen LogP contribution in [-0.2, 0) is 16.6 Å². The Labute approximate surface area is 202 Å². The quantitative estimate of drug-likeness (QED) is 0.354. The average Bonchev–Trinajstić information content (AvgIpc) is 3.18. The van der Waals surface area contributed by atoms with Gasteiger partial charge >= 0.3 is 5.97 Å². The lowest BCUT2D eigenvalue weighted by atomic mass is 10.2. The minimum Gasteiger partial charge on any atom is -0.459 e. The summed E-state index contributed by atoms with van der Waals surface area (Å²) < 4.78 is 6.93. The van der Waals surface area contributed by atoms with Gasteiger partial charge in [0.15, 0.2) is 11.0 Å². The molecule has 1 atom stereocenters. The summed E-state index contributed by atoms with van der Waals surface area (Å²) in [6.07, 6.45) is -0.229. The summed E-state index contributed by atoms with van der Waals surface area (Å²) in [7, 11) is 1.78. The first-order valence-corrected chi connectivity index (χ1v) is 11.7. The fourth-order valence-corrected chi connectivity index (χ4v) is 3.81. The van der Waals surface area contributed by atoms with E-state index in [2.05, 4.69) is 20.8 Å². The molecule has 0 aliphatic rings. The Morgan fingerprint density at radius 2 is 1.71 bits per heavy atom. The molecular weight excluding hydrogens is 454 g/mol. The molecule has 3 aromatic rings. The molecule has 0 aliphatic heterocycles. The summed E-state index contributed by atoms with van der Waals surface area (Å²) in [4.78, 5) is 36.9. The molecule has 34 heavy (non-hydrogen) atoms. The number of aromatic nitrogens is 3. The normalized spacial score (nSPS) is 11.7. The first-order chi connectivity index (χ1) is 16.2. The zero-order chi connectivity index (χ0) is 24.7. The van der Waals surface area contributed by atoms with Crippen LogP contribution in [0.4, 0.5) is 5.69 Å². The van der Waals surface area contributed by atoms with E-state index < -0.39 is 5.97 Å². The van der Waals surface area contributed by atoms with E-state index in [0.717, 1.165) is 0 Å². The summed E-state index contributed by atoms with van der Waals surface area (Å²) >= 11 is 1.22. The van der Waals surface area contributed by atoms with Crippen LogP contribution in [0.2, 0.25) is 0 Å². The highest BCUT2D eigenvalue weighted by molar-refractivity contribution is 7.99. The Balaban J connectivity index is 1.56. The summed E-state index contributed by atoms with van der Waals surface area (Å²) in [5, 5.41) is 14.5. The van der Waals surface area contributed by atoms with Crippen LogP contribution in [0.3, 0.4) is 0 Å². The van der Waals surface area contributed by atoms with E-state index in [0.29, 0.717) is 27.8 Å². The van der Waals surface area contributed by atoms with E-state index in [-0.39, 0.29) is 29.7 Å². The lowest BCUT2D eigenvalue weighted by Gasteiger charge is -2.13. The molecule has 178 valence electrons. The van der Waals surface area contributed by atoms with Gasteiger partial charge in [0.05, 0.1) is 23.5 Å². The number of rotatable bonds is 9. The molecule has 2 aromatic carbocycles. The van der Waals surface area contributed by atoms with Crippen LogP contribution in [0.25, 0.3) is 0 Å². The van der Waals surface area contributed by atoms with Gasteiger partial charge in [0.2, 0.25) is 5.91 Å². The molecule has 0 aliphatic carbocycles. The summed E-state index contributed by atoms with van der Waals surface area (Å²) in [5.41, 5.74) is 1.42. The molecule has 10 heteroatoms. The highest BCUT2D eigenvalue weighted by Gasteiger charge is 2.19. The number of hydrogen-bond donors (Lipinski definition) is 2. The number of benzene rings is 2. The Hall–Kier alpha value is -3.66. The molecule has 0 unspecified atom stereocenters.